The van der Waals surface area contributed by atoms with E-state index in [2.05, 4.69) is 5.10 Å². The van der Waals surface area contributed by atoms with E-state index in [1.807, 2.05) is 0 Å². The number of aromatic amines is 1. The van der Waals surface area contributed by atoms with Gasteiger partial charge in [0.2, 0.25) is 0 Å². The summed E-state index contributed by atoms with van der Waals surface area (Å²) in [7, 11) is 0. The molecule has 0 aliphatic heterocycles. The van der Waals surface area contributed by atoms with Crippen LogP contribution in [0.4, 0.5) is 12.9 Å². The summed E-state index contributed by atoms with van der Waals surface area (Å²) in [5.74, 6) is 0. The van der Waals surface area contributed by atoms with E-state index in [0.717, 1.165) is 6.20 Å². The van der Waals surface area contributed by atoms with Crippen LogP contribution in [0.3, 0.4) is 0 Å². The molecule has 1 heterocycles. The van der Waals surface area contributed by atoms with Crippen molar-refractivity contribution in [3.63, 3.8) is 0 Å². The predicted molar refractivity (Wildman–Crippen MR) is 32.3 cm³/mol. The molecule has 1 rings (SSSR count). The molecule has 1 aromatic heterocycles. The first-order valence-electron chi connectivity index (χ1n) is 2.40. The van der Waals surface area contributed by atoms with Gasteiger partial charge < -0.3 is 18.0 Å². The molecule has 0 aromatic carbocycles. The number of rotatable bonds is 1. The zero-order valence-corrected chi connectivity index (χ0v) is 9.49. The third-order valence-electron chi connectivity index (χ3n) is 0.948. The second-order valence-electron chi connectivity index (χ2n) is 1.71. The normalized spacial score (nSPS) is 10.9. The topological polar surface area (TPSA) is 28.7 Å². The Hall–Kier alpha value is 0.991. The molecule has 0 aliphatic rings. The van der Waals surface area contributed by atoms with Crippen LogP contribution in [0.2, 0.25) is 5.02 Å². The Morgan fingerprint density at radius 1 is 1.45 bits per heavy atom. The molecular weight excluding hydrogens is 206 g/mol. The molecule has 0 unspecified atom stereocenters. The third-order valence-corrected chi connectivity index (χ3v) is 1.25. The SMILES string of the molecule is F[B-](F)(F)c1[nH]ncc1Cl.[K+]. The van der Waals surface area contributed by atoms with E-state index in [0.29, 0.717) is 0 Å². The molecule has 0 aliphatic carbocycles. The first-order chi connectivity index (χ1) is 4.52. The molecule has 0 bridgehead atoms. The maximum Gasteiger partial charge on any atom is 1.00 e. The molecule has 0 radical (unpaired) electrons. The average Bonchev–Trinajstić information content (AvgIpc) is 2.11. The maximum atomic E-state index is 11.8. The first-order valence-corrected chi connectivity index (χ1v) is 2.78. The summed E-state index contributed by atoms with van der Waals surface area (Å²) in [6.07, 6.45) is 0.923. The van der Waals surface area contributed by atoms with Gasteiger partial charge in [0.25, 0.3) is 0 Å². The Morgan fingerprint density at radius 2 is 2.00 bits per heavy atom. The average molecular weight is 208 g/mol. The number of nitrogens with one attached hydrogen (secondary N) is 1. The molecule has 0 amide bonds. The zero-order valence-electron chi connectivity index (χ0n) is 5.61. The Kier molecular flexibility index (Phi) is 4.68. The summed E-state index contributed by atoms with van der Waals surface area (Å²) in [5.41, 5.74) is -0.943. The van der Waals surface area contributed by atoms with E-state index in [1.165, 1.54) is 0 Å². The van der Waals surface area contributed by atoms with Crippen LogP contribution in [-0.2, 0) is 0 Å². The molecule has 0 spiro atoms. The van der Waals surface area contributed by atoms with E-state index in [-0.39, 0.29) is 56.4 Å². The Labute approximate surface area is 108 Å². The Bertz CT molecular complexity index is 237. The fraction of sp³-hybridized carbons (Fsp3) is 0. The van der Waals surface area contributed by atoms with Crippen molar-refractivity contribution in [2.75, 3.05) is 0 Å². The summed E-state index contributed by atoms with van der Waals surface area (Å²) < 4.78 is 35.4. The molecule has 0 saturated carbocycles. The first kappa shape index (κ1) is 12.0. The second-order valence-corrected chi connectivity index (χ2v) is 2.11. The van der Waals surface area contributed by atoms with E-state index < -0.39 is 12.6 Å². The van der Waals surface area contributed by atoms with Crippen molar-refractivity contribution in [2.24, 2.45) is 0 Å². The van der Waals surface area contributed by atoms with E-state index >= 15 is 0 Å². The number of halogens is 4. The summed E-state index contributed by atoms with van der Waals surface area (Å²) in [6.45, 7) is -5.04. The maximum absolute atomic E-state index is 11.8. The van der Waals surface area contributed by atoms with Gasteiger partial charge in [-0.1, -0.05) is 11.6 Å². The van der Waals surface area contributed by atoms with Crippen LogP contribution in [0.15, 0.2) is 6.20 Å². The van der Waals surface area contributed by atoms with Crippen LogP contribution >= 0.6 is 11.6 Å². The Morgan fingerprint density at radius 3 is 2.18 bits per heavy atom. The molecule has 0 fully saturated rings. The van der Waals surface area contributed by atoms with Crippen LogP contribution in [-0.4, -0.2) is 17.2 Å². The molecule has 56 valence electrons. The third kappa shape index (κ3) is 3.08. The van der Waals surface area contributed by atoms with Gasteiger partial charge in [-0.25, -0.2) is 0 Å². The van der Waals surface area contributed by atoms with E-state index in [9.17, 15) is 12.9 Å². The Balaban J connectivity index is 0.000001000. The molecular formula is C3H2BClF3KN2. The molecule has 8 heteroatoms. The minimum atomic E-state index is -5.04. The smallest absolute Gasteiger partial charge is 0.444 e. The van der Waals surface area contributed by atoms with Crippen molar-refractivity contribution in [1.29, 1.82) is 0 Å². The molecule has 1 aromatic rings. The molecule has 2 nitrogen and oxygen atoms in total. The summed E-state index contributed by atoms with van der Waals surface area (Å²) in [5, 5.41) is 4.51. The van der Waals surface area contributed by atoms with E-state index in [4.69, 9.17) is 11.6 Å². The van der Waals surface area contributed by atoms with Gasteiger partial charge in [-0.3, -0.25) is 0 Å². The van der Waals surface area contributed by atoms with Crippen LogP contribution in [0.25, 0.3) is 0 Å². The van der Waals surface area contributed by atoms with E-state index in [1.54, 1.807) is 5.10 Å². The van der Waals surface area contributed by atoms with Gasteiger partial charge in [0.05, 0.1) is 11.2 Å². The van der Waals surface area contributed by atoms with Crippen molar-refractivity contribution in [3.8, 4) is 0 Å². The van der Waals surface area contributed by atoms with Gasteiger partial charge >= 0.3 is 58.4 Å². The van der Waals surface area contributed by atoms with Crippen LogP contribution in [0.5, 0.6) is 0 Å². The van der Waals surface area contributed by atoms with Crippen molar-refractivity contribution in [2.45, 2.75) is 0 Å². The fourth-order valence-electron chi connectivity index (χ4n) is 0.511. The van der Waals surface area contributed by atoms with Gasteiger partial charge in [0.15, 0.2) is 0 Å². The number of hydrogen-bond acceptors (Lipinski definition) is 1. The summed E-state index contributed by atoms with van der Waals surface area (Å²) in [6, 6.07) is 0. The van der Waals surface area contributed by atoms with Crippen molar-refractivity contribution < 1.29 is 64.3 Å². The van der Waals surface area contributed by atoms with Gasteiger partial charge in [-0.05, 0) is 5.59 Å². The van der Waals surface area contributed by atoms with Crippen LogP contribution in [0.1, 0.15) is 0 Å². The molecule has 1 N–H and O–H groups in total. The van der Waals surface area contributed by atoms with Gasteiger partial charge in [-0.2, -0.15) is 5.10 Å². The van der Waals surface area contributed by atoms with Gasteiger partial charge in [0.1, 0.15) is 0 Å². The summed E-state index contributed by atoms with van der Waals surface area (Å²) in [4.78, 5) is 0. The molecule has 0 saturated heterocycles. The number of aromatic nitrogens is 2. The second kappa shape index (κ2) is 4.29. The molecule has 0 atom stereocenters. The minimum Gasteiger partial charge on any atom is -0.444 e. The summed E-state index contributed by atoms with van der Waals surface area (Å²) >= 11 is 5.13. The van der Waals surface area contributed by atoms with Crippen LogP contribution < -0.4 is 57.0 Å². The fourth-order valence-corrected chi connectivity index (χ4v) is 0.726. The largest absolute Gasteiger partial charge is 1.00 e. The monoisotopic (exact) mass is 208 g/mol. The van der Waals surface area contributed by atoms with Crippen LogP contribution in [0, 0.1) is 0 Å². The minimum absolute atomic E-state index is 0. The van der Waals surface area contributed by atoms with Crippen molar-refractivity contribution in [3.05, 3.63) is 11.2 Å². The quantitative estimate of drug-likeness (QED) is 0.538. The standard InChI is InChI=1S/C3H2BClF3N2.K/c5-2-1-9-10-3(2)4(6,7)8;/h1H,(H,9,10);/q-1;+1. The number of nitrogens with zero attached hydrogens (tertiary/aromatic N) is 1. The molecule has 11 heavy (non-hydrogen) atoms. The van der Waals surface area contributed by atoms with Gasteiger partial charge in [0, 0.05) is 0 Å². The van der Waals surface area contributed by atoms with Gasteiger partial charge in [-0.15, -0.1) is 0 Å². The van der Waals surface area contributed by atoms with Crippen molar-refractivity contribution >= 4 is 24.2 Å². The zero-order chi connectivity index (χ0) is 7.78. The van der Waals surface area contributed by atoms with Crippen molar-refractivity contribution in [1.82, 2.24) is 10.2 Å². The number of hydrogen-bond donors (Lipinski definition) is 1. The predicted octanol–water partition coefficient (Wildman–Crippen LogP) is -1.88. The number of H-pyrrole nitrogens is 1.